The van der Waals surface area contributed by atoms with Gasteiger partial charge in [0.2, 0.25) is 0 Å². The van der Waals surface area contributed by atoms with E-state index in [9.17, 15) is 39.9 Å². The molecule has 14 heteroatoms. The van der Waals surface area contributed by atoms with Gasteiger partial charge >= 0.3 is 18.6 Å². The van der Waals surface area contributed by atoms with Crippen LogP contribution in [-0.4, -0.2) is 23.6 Å². The number of benzene rings is 3. The maximum Gasteiger partial charge on any atom is 0.461 e. The molecule has 0 aliphatic heterocycles. The molecule has 232 valence electrons. The lowest BCUT2D eigenvalue weighted by Crippen LogP contribution is -2.49. The van der Waals surface area contributed by atoms with E-state index in [1.807, 2.05) is 0 Å². The van der Waals surface area contributed by atoms with E-state index >= 15 is 0 Å². The van der Waals surface area contributed by atoms with Gasteiger partial charge in [0.15, 0.2) is 23.3 Å². The Labute approximate surface area is 250 Å². The first-order valence-corrected chi connectivity index (χ1v) is 13.0. The van der Waals surface area contributed by atoms with Crippen LogP contribution in [0.25, 0.3) is 0 Å². The van der Waals surface area contributed by atoms with Crippen molar-refractivity contribution in [1.82, 2.24) is 10.3 Å². The summed E-state index contributed by atoms with van der Waals surface area (Å²) in [6.07, 6.45) is -9.26. The molecule has 1 N–H and O–H groups in total. The average molecular weight is 645 g/mol. The summed E-state index contributed by atoms with van der Waals surface area (Å²) in [6.45, 7) is -0.0909. The zero-order chi connectivity index (χ0) is 32.2. The van der Waals surface area contributed by atoms with Crippen molar-refractivity contribution in [3.63, 3.8) is 0 Å². The molecule has 0 radical (unpaired) electrons. The fourth-order valence-corrected chi connectivity index (χ4v) is 4.50. The van der Waals surface area contributed by atoms with Crippen LogP contribution >= 0.6 is 11.6 Å². The van der Waals surface area contributed by atoms with Crippen molar-refractivity contribution in [2.24, 2.45) is 0 Å². The highest BCUT2D eigenvalue weighted by atomic mass is 35.5. The van der Waals surface area contributed by atoms with Gasteiger partial charge in [-0.05, 0) is 47.9 Å². The monoisotopic (exact) mass is 644 g/mol. The van der Waals surface area contributed by atoms with Crippen molar-refractivity contribution in [3.05, 3.63) is 129 Å². The number of nitrogens with one attached hydrogen (secondary N) is 1. The van der Waals surface area contributed by atoms with E-state index in [0.29, 0.717) is 5.56 Å². The highest BCUT2D eigenvalue weighted by Crippen LogP contribution is 2.37. The van der Waals surface area contributed by atoms with E-state index in [2.05, 4.69) is 15.0 Å². The van der Waals surface area contributed by atoms with Gasteiger partial charge in [-0.3, -0.25) is 4.98 Å². The third-order valence-electron chi connectivity index (χ3n) is 6.60. The number of hydrogen-bond donors (Lipinski definition) is 1. The van der Waals surface area contributed by atoms with Crippen LogP contribution in [0, 0.1) is 30.2 Å². The van der Waals surface area contributed by atoms with Crippen LogP contribution in [0.2, 0.25) is 5.02 Å². The molecule has 0 bridgehead atoms. The Bertz CT molecular complexity index is 1610. The zero-order valence-electron chi connectivity index (χ0n) is 22.5. The first-order valence-electron chi connectivity index (χ1n) is 12.6. The molecule has 1 atom stereocenters. The van der Waals surface area contributed by atoms with E-state index in [4.69, 9.17) is 16.3 Å². The summed E-state index contributed by atoms with van der Waals surface area (Å²) in [5.41, 5.74) is -2.64. The lowest BCUT2D eigenvalue weighted by molar-refractivity contribution is -0.253. The van der Waals surface area contributed by atoms with Crippen LogP contribution in [0.4, 0.5) is 39.9 Å². The molecule has 0 saturated carbocycles. The largest absolute Gasteiger partial charge is 0.461 e. The SMILES string of the molecule is Cc1c(F)c(F)c(F)c(F)c1COC(=O)N[C@@](Cc1ccccc1)(c1cccc(OC(F)(F)C(F)F)c1)c1ccc(Cl)cn1. The van der Waals surface area contributed by atoms with Gasteiger partial charge in [0, 0.05) is 18.2 Å². The minimum absolute atomic E-state index is 0.00285. The van der Waals surface area contributed by atoms with Crippen molar-refractivity contribution in [2.45, 2.75) is 38.0 Å². The molecule has 0 spiro atoms. The number of aromatic nitrogens is 1. The van der Waals surface area contributed by atoms with Gasteiger partial charge in [-0.25, -0.2) is 22.4 Å². The molecule has 1 amide bonds. The van der Waals surface area contributed by atoms with Gasteiger partial charge in [0.25, 0.3) is 0 Å². The molecule has 0 unspecified atom stereocenters. The predicted molar refractivity (Wildman–Crippen MR) is 143 cm³/mol. The summed E-state index contributed by atoms with van der Waals surface area (Å²) in [6, 6.07) is 15.7. The predicted octanol–water partition coefficient (Wildman–Crippen LogP) is 8.25. The number of pyridine rings is 1. The lowest BCUT2D eigenvalue weighted by Gasteiger charge is -2.35. The Balaban J connectivity index is 1.81. The minimum atomic E-state index is -4.85. The van der Waals surface area contributed by atoms with E-state index < -0.39 is 70.9 Å². The van der Waals surface area contributed by atoms with Crippen LogP contribution < -0.4 is 10.1 Å². The van der Waals surface area contributed by atoms with Crippen LogP contribution in [0.1, 0.15) is 27.9 Å². The number of nitrogens with zero attached hydrogens (tertiary/aromatic N) is 1. The fraction of sp³-hybridized carbons (Fsp3) is 0.200. The molecule has 0 fully saturated rings. The van der Waals surface area contributed by atoms with Crippen molar-refractivity contribution >= 4 is 17.7 Å². The summed E-state index contributed by atoms with van der Waals surface area (Å²) < 4.78 is 119. The van der Waals surface area contributed by atoms with Gasteiger partial charge in [0.1, 0.15) is 17.9 Å². The normalized spacial score (nSPS) is 13.0. The highest BCUT2D eigenvalue weighted by Gasteiger charge is 2.45. The Hall–Kier alpha value is -4.39. The number of ether oxygens (including phenoxy) is 2. The number of alkyl halides is 4. The number of amides is 1. The van der Waals surface area contributed by atoms with E-state index in [1.54, 1.807) is 30.3 Å². The first-order chi connectivity index (χ1) is 20.7. The zero-order valence-corrected chi connectivity index (χ0v) is 23.2. The Morgan fingerprint density at radius 3 is 2.25 bits per heavy atom. The van der Waals surface area contributed by atoms with Crippen molar-refractivity contribution < 1.29 is 49.4 Å². The average Bonchev–Trinajstić information content (AvgIpc) is 2.99. The van der Waals surface area contributed by atoms with Crippen LogP contribution in [0.3, 0.4) is 0 Å². The topological polar surface area (TPSA) is 60.5 Å². The molecule has 0 saturated heterocycles. The summed E-state index contributed by atoms with van der Waals surface area (Å²) in [5, 5.41) is 2.74. The quantitative estimate of drug-likeness (QED) is 0.107. The minimum Gasteiger partial charge on any atom is -0.445 e. The second-order valence-electron chi connectivity index (χ2n) is 9.48. The van der Waals surface area contributed by atoms with Gasteiger partial charge in [0.05, 0.1) is 10.7 Å². The molecule has 0 aliphatic rings. The summed E-state index contributed by atoms with van der Waals surface area (Å²) in [5.74, 6) is -8.28. The van der Waals surface area contributed by atoms with Gasteiger partial charge in [-0.1, -0.05) is 54.1 Å². The summed E-state index contributed by atoms with van der Waals surface area (Å²) in [7, 11) is 0. The van der Waals surface area contributed by atoms with Crippen molar-refractivity contribution in [1.29, 1.82) is 0 Å². The number of carbonyl (C=O) groups is 1. The lowest BCUT2D eigenvalue weighted by atomic mass is 9.80. The Morgan fingerprint density at radius 2 is 1.61 bits per heavy atom. The van der Waals surface area contributed by atoms with Gasteiger partial charge < -0.3 is 14.8 Å². The van der Waals surface area contributed by atoms with Crippen LogP contribution in [-0.2, 0) is 23.3 Å². The molecular weight excluding hydrogens is 624 g/mol. The smallest absolute Gasteiger partial charge is 0.445 e. The first kappa shape index (κ1) is 32.5. The molecule has 1 heterocycles. The molecular formula is C30H21ClF8N2O3. The van der Waals surface area contributed by atoms with Gasteiger partial charge in [-0.2, -0.15) is 17.6 Å². The molecule has 0 aliphatic carbocycles. The number of hydrogen-bond acceptors (Lipinski definition) is 4. The van der Waals surface area contributed by atoms with E-state index in [0.717, 1.165) is 19.1 Å². The highest BCUT2D eigenvalue weighted by molar-refractivity contribution is 6.30. The number of alkyl carbamates (subject to hydrolysis) is 1. The second-order valence-corrected chi connectivity index (χ2v) is 9.92. The third-order valence-corrected chi connectivity index (χ3v) is 6.82. The molecule has 5 nitrogen and oxygen atoms in total. The fourth-order valence-electron chi connectivity index (χ4n) is 4.38. The van der Waals surface area contributed by atoms with Gasteiger partial charge in [-0.15, -0.1) is 0 Å². The second kappa shape index (κ2) is 13.1. The molecule has 1 aromatic heterocycles. The summed E-state index contributed by atoms with van der Waals surface area (Å²) >= 11 is 6.01. The van der Waals surface area contributed by atoms with E-state index in [-0.39, 0.29) is 22.7 Å². The number of carbonyl (C=O) groups excluding carboxylic acids is 1. The number of rotatable bonds is 10. The van der Waals surface area contributed by atoms with Crippen LogP contribution in [0.5, 0.6) is 5.75 Å². The molecule has 44 heavy (non-hydrogen) atoms. The molecule has 4 rings (SSSR count). The standard InChI is InChI=1S/C30H21ClF8N2O3/c1-16-21(24(33)26(35)25(34)23(16)32)15-43-28(42)41-29(13-17-6-3-2-4-7-17,22-11-10-19(31)14-40-22)18-8-5-9-20(12-18)44-30(38,39)27(36)37/h2-12,14,27H,13,15H2,1H3,(H,41,42)/t29-/m0/s1. The van der Waals surface area contributed by atoms with E-state index in [1.165, 1.54) is 30.5 Å². The maximum absolute atomic E-state index is 14.4. The Kier molecular flexibility index (Phi) is 9.67. The maximum atomic E-state index is 14.4. The number of halogens is 9. The summed E-state index contributed by atoms with van der Waals surface area (Å²) in [4.78, 5) is 17.6. The third kappa shape index (κ3) is 6.88. The van der Waals surface area contributed by atoms with Crippen molar-refractivity contribution in [3.8, 4) is 5.75 Å². The molecule has 3 aromatic carbocycles. The van der Waals surface area contributed by atoms with Crippen LogP contribution in [0.15, 0.2) is 72.9 Å². The Morgan fingerprint density at radius 1 is 0.932 bits per heavy atom. The molecule has 4 aromatic rings. The van der Waals surface area contributed by atoms with Crippen molar-refractivity contribution in [2.75, 3.05) is 0 Å².